The van der Waals surface area contributed by atoms with Gasteiger partial charge in [-0.3, -0.25) is 9.13 Å². The van der Waals surface area contributed by atoms with Crippen LogP contribution >= 0.6 is 7.82 Å². The first kappa shape index (κ1) is 17.2. The van der Waals surface area contributed by atoms with Crippen LogP contribution in [0.3, 0.4) is 0 Å². The first-order valence-corrected chi connectivity index (χ1v) is 7.83. The average Bonchev–Trinajstić information content (AvgIpc) is 3.10. The fraction of sp³-hybridized carbons (Fsp3) is 0.500. The molecule has 0 aliphatic carbocycles. The Hall–Kier alpha value is -0.620. The molecular formula is C10H11N5NaO6P. The molecule has 0 aromatic carbocycles. The molecule has 118 valence electrons. The van der Waals surface area contributed by atoms with Gasteiger partial charge in [-0.15, -0.1) is 0 Å². The van der Waals surface area contributed by atoms with E-state index in [0.29, 0.717) is 11.2 Å². The summed E-state index contributed by atoms with van der Waals surface area (Å²) < 4.78 is 28.4. The summed E-state index contributed by atoms with van der Waals surface area (Å²) in [5.41, 5.74) is 6.44. The summed E-state index contributed by atoms with van der Waals surface area (Å²) in [5, 5.41) is 9.33. The molecule has 2 aromatic heterocycles. The van der Waals surface area contributed by atoms with Gasteiger partial charge in [-0.2, -0.15) is 0 Å². The van der Waals surface area contributed by atoms with Crippen LogP contribution in [0.1, 0.15) is 6.23 Å². The zero-order valence-corrected chi connectivity index (χ0v) is 14.9. The van der Waals surface area contributed by atoms with Gasteiger partial charge in [0.2, 0.25) is 0 Å². The maximum atomic E-state index is 11.5. The quantitative estimate of drug-likeness (QED) is 0.399. The predicted molar refractivity (Wildman–Crippen MR) is 68.1 cm³/mol. The van der Waals surface area contributed by atoms with Gasteiger partial charge < -0.3 is 29.5 Å². The number of rotatable bonds is 2. The SMILES string of the molecule is Nc1ncnc2c1ncn2[C@@H]1O[C@H](CO)C2OP(=O)([O-])O[C@@H]21.[Na+]. The van der Waals surface area contributed by atoms with Gasteiger partial charge in [0.25, 0.3) is 7.82 Å². The molecule has 2 aromatic rings. The number of hydrogen-bond donors (Lipinski definition) is 2. The normalized spacial score (nSPS) is 36.1. The third-order valence-electron chi connectivity index (χ3n) is 3.63. The van der Waals surface area contributed by atoms with Crippen molar-refractivity contribution < 1.29 is 57.9 Å². The number of anilines is 1. The van der Waals surface area contributed by atoms with Gasteiger partial charge in [-0.05, 0) is 0 Å². The van der Waals surface area contributed by atoms with E-state index >= 15 is 0 Å². The van der Waals surface area contributed by atoms with Crippen molar-refractivity contribution in [3.05, 3.63) is 12.7 Å². The molecule has 2 aliphatic rings. The first-order chi connectivity index (χ1) is 10.5. The van der Waals surface area contributed by atoms with Gasteiger partial charge in [0.1, 0.15) is 30.2 Å². The van der Waals surface area contributed by atoms with Crippen molar-refractivity contribution in [2.45, 2.75) is 24.5 Å². The van der Waals surface area contributed by atoms with Crippen molar-refractivity contribution in [2.75, 3.05) is 12.3 Å². The van der Waals surface area contributed by atoms with Crippen molar-refractivity contribution in [1.29, 1.82) is 0 Å². The monoisotopic (exact) mass is 351 g/mol. The van der Waals surface area contributed by atoms with Gasteiger partial charge in [0.15, 0.2) is 17.7 Å². The van der Waals surface area contributed by atoms with Crippen molar-refractivity contribution >= 4 is 24.8 Å². The molecule has 2 saturated heterocycles. The molecule has 5 atom stereocenters. The molecule has 0 amide bonds. The number of aliphatic hydroxyl groups excluding tert-OH is 1. The standard InChI is InChI=1S/C10H12N5O6P.Na/c11-8-5-9(13-2-12-8)15(3-14-5)10-7-6(4(1-16)19-10)20-22(17,18)21-7;/h2-4,6-7,10,16H,1H2,(H,17,18)(H2,11,12,13);/q;+1/p-1/t4-,6?,7+,10-;/m1./s1. The van der Waals surface area contributed by atoms with Crippen LogP contribution in [-0.4, -0.2) is 49.5 Å². The number of ether oxygens (including phenoxy) is 1. The Labute approximate surface area is 151 Å². The number of aromatic nitrogens is 4. The Morgan fingerprint density at radius 1 is 1.35 bits per heavy atom. The molecule has 13 heteroatoms. The van der Waals surface area contributed by atoms with E-state index in [9.17, 15) is 14.6 Å². The smallest absolute Gasteiger partial charge is 0.756 e. The second-order valence-corrected chi connectivity index (χ2v) is 6.23. The van der Waals surface area contributed by atoms with E-state index in [1.54, 1.807) is 0 Å². The molecule has 0 bridgehead atoms. The van der Waals surface area contributed by atoms with E-state index < -0.39 is 39.0 Å². The number of nitrogens with two attached hydrogens (primary N) is 1. The minimum atomic E-state index is -4.41. The van der Waals surface area contributed by atoms with Crippen LogP contribution in [0.2, 0.25) is 0 Å². The van der Waals surface area contributed by atoms with Gasteiger partial charge in [-0.1, -0.05) is 0 Å². The second kappa shape index (κ2) is 6.03. The van der Waals surface area contributed by atoms with Gasteiger partial charge in [0.05, 0.1) is 12.9 Å². The Bertz CT molecular complexity index is 788. The maximum absolute atomic E-state index is 11.5. The minimum Gasteiger partial charge on any atom is -0.756 e. The molecule has 0 saturated carbocycles. The summed E-state index contributed by atoms with van der Waals surface area (Å²) in [6, 6.07) is 0. The first-order valence-electron chi connectivity index (χ1n) is 6.37. The van der Waals surface area contributed by atoms with Crippen LogP contribution < -0.4 is 40.2 Å². The zero-order chi connectivity index (χ0) is 15.5. The molecule has 0 radical (unpaired) electrons. The average molecular weight is 351 g/mol. The second-order valence-electron chi connectivity index (χ2n) is 4.92. The molecule has 11 nitrogen and oxygen atoms in total. The number of fused-ring (bicyclic) bond motifs is 2. The Balaban J connectivity index is 0.00000156. The summed E-state index contributed by atoms with van der Waals surface area (Å²) in [7, 11) is -4.41. The fourth-order valence-electron chi connectivity index (χ4n) is 2.70. The Morgan fingerprint density at radius 2 is 2.09 bits per heavy atom. The van der Waals surface area contributed by atoms with Crippen LogP contribution in [0.4, 0.5) is 5.82 Å². The Morgan fingerprint density at radius 3 is 2.83 bits per heavy atom. The van der Waals surface area contributed by atoms with Gasteiger partial charge in [0, 0.05) is 0 Å². The van der Waals surface area contributed by atoms with Crippen molar-refractivity contribution in [3.63, 3.8) is 0 Å². The van der Waals surface area contributed by atoms with Gasteiger partial charge in [-0.25, -0.2) is 15.0 Å². The van der Waals surface area contributed by atoms with E-state index in [-0.39, 0.29) is 35.4 Å². The number of hydrogen-bond acceptors (Lipinski definition) is 10. The van der Waals surface area contributed by atoms with Crippen LogP contribution in [0.25, 0.3) is 11.2 Å². The number of nitrogen functional groups attached to an aromatic ring is 1. The van der Waals surface area contributed by atoms with Crippen molar-refractivity contribution in [2.24, 2.45) is 0 Å². The number of imidazole rings is 1. The number of aliphatic hydroxyl groups is 1. The molecular weight excluding hydrogens is 340 g/mol. The third-order valence-corrected chi connectivity index (χ3v) is 4.63. The van der Waals surface area contributed by atoms with Crippen molar-refractivity contribution in [3.8, 4) is 0 Å². The molecule has 0 spiro atoms. The summed E-state index contributed by atoms with van der Waals surface area (Å²) in [5.74, 6) is 0.190. The summed E-state index contributed by atoms with van der Waals surface area (Å²) in [6.07, 6.45) is -0.906. The molecule has 2 fully saturated rings. The fourth-order valence-corrected chi connectivity index (χ4v) is 3.82. The number of phosphoric ester groups is 1. The summed E-state index contributed by atoms with van der Waals surface area (Å²) in [4.78, 5) is 23.5. The van der Waals surface area contributed by atoms with Crippen LogP contribution in [-0.2, 0) is 18.3 Å². The molecule has 4 heterocycles. The molecule has 23 heavy (non-hydrogen) atoms. The Kier molecular flexibility index (Phi) is 4.51. The van der Waals surface area contributed by atoms with Crippen LogP contribution in [0.5, 0.6) is 0 Å². The topological polar surface area (TPSA) is 158 Å². The summed E-state index contributed by atoms with van der Waals surface area (Å²) >= 11 is 0. The largest absolute Gasteiger partial charge is 1.00 e. The van der Waals surface area contributed by atoms with E-state index in [1.807, 2.05) is 0 Å². The number of nitrogens with zero attached hydrogens (tertiary/aromatic N) is 4. The third kappa shape index (κ3) is 2.72. The van der Waals surface area contributed by atoms with Crippen LogP contribution in [0, 0.1) is 0 Å². The van der Waals surface area contributed by atoms with Gasteiger partial charge >= 0.3 is 29.6 Å². The molecule has 2 aliphatic heterocycles. The molecule has 3 N–H and O–H groups in total. The van der Waals surface area contributed by atoms with E-state index in [0.717, 1.165) is 0 Å². The van der Waals surface area contributed by atoms with Crippen molar-refractivity contribution in [1.82, 2.24) is 19.5 Å². The van der Waals surface area contributed by atoms with E-state index in [2.05, 4.69) is 15.0 Å². The number of phosphoric acid groups is 1. The molecule has 4 rings (SSSR count). The van der Waals surface area contributed by atoms with Crippen LogP contribution in [0.15, 0.2) is 12.7 Å². The zero-order valence-electron chi connectivity index (χ0n) is 12.0. The predicted octanol–water partition coefficient (Wildman–Crippen LogP) is -4.45. The van der Waals surface area contributed by atoms with E-state index in [4.69, 9.17) is 19.5 Å². The summed E-state index contributed by atoms with van der Waals surface area (Å²) in [6.45, 7) is -0.412. The maximum Gasteiger partial charge on any atom is 1.00 e. The minimum absolute atomic E-state index is 0. The van der Waals surface area contributed by atoms with E-state index in [1.165, 1.54) is 17.2 Å². The molecule has 2 unspecified atom stereocenters.